The van der Waals surface area contributed by atoms with Crippen molar-refractivity contribution in [2.24, 2.45) is 0 Å². The number of nitrogens with one attached hydrogen (secondary N) is 1. The summed E-state index contributed by atoms with van der Waals surface area (Å²) < 4.78 is 13.1. The molecule has 4 rings (SSSR count). The fourth-order valence-electron chi connectivity index (χ4n) is 3.61. The number of aromatic amines is 1. The largest absolute Gasteiger partial charge is 0.306 e. The Bertz CT molecular complexity index is 956. The number of halogens is 1. The number of rotatable bonds is 4. The first-order valence-electron chi connectivity index (χ1n) is 9.16. The van der Waals surface area contributed by atoms with Crippen LogP contribution in [0.15, 0.2) is 59.7 Å². The molecule has 0 spiro atoms. The number of H-pyrrole nitrogens is 1. The maximum atomic E-state index is 13.1. The molecule has 0 unspecified atom stereocenters. The molecule has 3 heterocycles. The normalized spacial score (nSPS) is 17.7. The number of pyridine rings is 1. The van der Waals surface area contributed by atoms with Crippen LogP contribution < -0.4 is 5.56 Å². The summed E-state index contributed by atoms with van der Waals surface area (Å²) in [6, 6.07) is 12.0. The number of aromatic nitrogens is 3. The Hall–Kier alpha value is -2.86. The molecule has 1 N–H and O–H groups in total. The van der Waals surface area contributed by atoms with Crippen LogP contribution in [0.2, 0.25) is 0 Å². The van der Waals surface area contributed by atoms with Crippen LogP contribution in [0, 0.1) is 5.82 Å². The Kier molecular flexibility index (Phi) is 5.07. The van der Waals surface area contributed by atoms with Gasteiger partial charge in [-0.3, -0.25) is 14.7 Å². The van der Waals surface area contributed by atoms with Gasteiger partial charge in [-0.15, -0.1) is 0 Å². The minimum Gasteiger partial charge on any atom is -0.306 e. The summed E-state index contributed by atoms with van der Waals surface area (Å²) in [4.78, 5) is 26.1. The lowest BCUT2D eigenvalue weighted by Gasteiger charge is -2.32. The number of likely N-dealkylation sites (tertiary alicyclic amines) is 1. The molecule has 1 fully saturated rings. The number of hydrogen-bond acceptors (Lipinski definition) is 4. The van der Waals surface area contributed by atoms with Crippen molar-refractivity contribution >= 4 is 0 Å². The Morgan fingerprint density at radius 1 is 1.22 bits per heavy atom. The molecular weight excluding hydrogens is 343 g/mol. The molecule has 5 nitrogen and oxygen atoms in total. The topological polar surface area (TPSA) is 61.9 Å². The van der Waals surface area contributed by atoms with Crippen molar-refractivity contribution in [1.29, 1.82) is 0 Å². The fraction of sp³-hybridized carbons (Fsp3) is 0.286. The van der Waals surface area contributed by atoms with Gasteiger partial charge < -0.3 is 4.98 Å². The van der Waals surface area contributed by atoms with Gasteiger partial charge in [-0.1, -0.05) is 12.1 Å². The maximum Gasteiger partial charge on any atom is 0.251 e. The highest BCUT2D eigenvalue weighted by Crippen LogP contribution is 2.27. The van der Waals surface area contributed by atoms with Gasteiger partial charge in [-0.05, 0) is 49.2 Å². The minimum atomic E-state index is -0.217. The summed E-state index contributed by atoms with van der Waals surface area (Å²) in [5, 5.41) is 0. The van der Waals surface area contributed by atoms with Crippen molar-refractivity contribution in [3.05, 3.63) is 82.3 Å². The molecule has 0 radical (unpaired) electrons. The number of nitrogens with zero attached hydrogens (tertiary/aromatic N) is 3. The van der Waals surface area contributed by atoms with E-state index in [9.17, 15) is 9.18 Å². The molecule has 0 saturated carbocycles. The highest BCUT2D eigenvalue weighted by atomic mass is 19.1. The average molecular weight is 364 g/mol. The summed E-state index contributed by atoms with van der Waals surface area (Å²) in [6.45, 7) is 2.60. The van der Waals surface area contributed by atoms with E-state index in [1.165, 1.54) is 12.1 Å². The van der Waals surface area contributed by atoms with E-state index >= 15 is 0 Å². The zero-order valence-corrected chi connectivity index (χ0v) is 14.9. The zero-order valence-electron chi connectivity index (χ0n) is 14.9. The third-order valence-electron chi connectivity index (χ3n) is 4.94. The Labute approximate surface area is 156 Å². The molecule has 27 heavy (non-hydrogen) atoms. The zero-order chi connectivity index (χ0) is 18.6. The summed E-state index contributed by atoms with van der Waals surface area (Å²) in [7, 11) is 0. The standard InChI is InChI=1S/C21H21FN4O/c22-18-7-5-15(6-8-18)13-26-10-2-4-17(14-26)19-11-20(27)25-21(24-19)16-3-1-9-23-12-16/h1,3,5-9,11-12,17H,2,4,10,13-14H2,(H,24,25,27)/t17-/m0/s1. The second kappa shape index (κ2) is 7.80. The Morgan fingerprint density at radius 3 is 2.85 bits per heavy atom. The summed E-state index contributed by atoms with van der Waals surface area (Å²) in [5.74, 6) is 0.545. The second-order valence-electron chi connectivity index (χ2n) is 6.96. The van der Waals surface area contributed by atoms with E-state index in [1.807, 2.05) is 24.3 Å². The van der Waals surface area contributed by atoms with Crippen molar-refractivity contribution in [3.63, 3.8) is 0 Å². The van der Waals surface area contributed by atoms with Crippen molar-refractivity contribution in [3.8, 4) is 11.4 Å². The van der Waals surface area contributed by atoms with Gasteiger partial charge in [0, 0.05) is 43.0 Å². The van der Waals surface area contributed by atoms with E-state index < -0.39 is 0 Å². The molecule has 0 bridgehead atoms. The van der Waals surface area contributed by atoms with Crippen LogP contribution in [0.3, 0.4) is 0 Å². The van der Waals surface area contributed by atoms with E-state index in [-0.39, 0.29) is 17.3 Å². The first-order valence-corrected chi connectivity index (χ1v) is 9.16. The van der Waals surface area contributed by atoms with Crippen molar-refractivity contribution in [2.45, 2.75) is 25.3 Å². The molecule has 6 heteroatoms. The van der Waals surface area contributed by atoms with Gasteiger partial charge in [0.05, 0.1) is 5.69 Å². The maximum absolute atomic E-state index is 13.1. The average Bonchev–Trinajstić information content (AvgIpc) is 2.70. The van der Waals surface area contributed by atoms with Crippen LogP contribution in [0.5, 0.6) is 0 Å². The van der Waals surface area contributed by atoms with Gasteiger partial charge >= 0.3 is 0 Å². The predicted octanol–water partition coefficient (Wildman–Crippen LogP) is 3.35. The third-order valence-corrected chi connectivity index (χ3v) is 4.94. The molecular formula is C21H21FN4O. The van der Waals surface area contributed by atoms with Gasteiger partial charge in [0.15, 0.2) is 0 Å². The molecule has 2 aromatic heterocycles. The quantitative estimate of drug-likeness (QED) is 0.771. The first kappa shape index (κ1) is 17.5. The summed E-state index contributed by atoms with van der Waals surface area (Å²) >= 11 is 0. The molecule has 0 amide bonds. The van der Waals surface area contributed by atoms with Gasteiger partial charge in [-0.2, -0.15) is 0 Å². The second-order valence-corrected chi connectivity index (χ2v) is 6.96. The predicted molar refractivity (Wildman–Crippen MR) is 102 cm³/mol. The minimum absolute atomic E-state index is 0.144. The Balaban J connectivity index is 1.53. The van der Waals surface area contributed by atoms with Gasteiger partial charge in [0.2, 0.25) is 0 Å². The van der Waals surface area contributed by atoms with Gasteiger partial charge in [0.1, 0.15) is 11.6 Å². The van der Waals surface area contributed by atoms with Crippen LogP contribution in [-0.4, -0.2) is 32.9 Å². The van der Waals surface area contributed by atoms with Crippen molar-refractivity contribution in [2.75, 3.05) is 13.1 Å². The van der Waals surface area contributed by atoms with E-state index in [2.05, 4.69) is 14.9 Å². The lowest BCUT2D eigenvalue weighted by atomic mass is 9.94. The molecule has 1 saturated heterocycles. The van der Waals surface area contributed by atoms with Crippen LogP contribution >= 0.6 is 0 Å². The SMILES string of the molecule is O=c1cc([C@H]2CCCN(Cc3ccc(F)cc3)C2)nc(-c2cccnc2)[nH]1. The van der Waals surface area contributed by atoms with E-state index in [1.54, 1.807) is 18.5 Å². The van der Waals surface area contributed by atoms with Crippen LogP contribution in [0.1, 0.15) is 30.0 Å². The van der Waals surface area contributed by atoms with E-state index in [4.69, 9.17) is 4.98 Å². The Morgan fingerprint density at radius 2 is 2.07 bits per heavy atom. The van der Waals surface area contributed by atoms with Crippen LogP contribution in [0.4, 0.5) is 4.39 Å². The van der Waals surface area contributed by atoms with Crippen LogP contribution in [0.25, 0.3) is 11.4 Å². The highest BCUT2D eigenvalue weighted by Gasteiger charge is 2.23. The molecule has 1 atom stereocenters. The van der Waals surface area contributed by atoms with Crippen molar-refractivity contribution in [1.82, 2.24) is 19.9 Å². The first-order chi connectivity index (χ1) is 13.2. The van der Waals surface area contributed by atoms with Crippen LogP contribution in [-0.2, 0) is 6.54 Å². The fourth-order valence-corrected chi connectivity index (χ4v) is 3.61. The number of piperidine rings is 1. The molecule has 1 aliphatic rings. The number of benzene rings is 1. The van der Waals surface area contributed by atoms with E-state index in [0.29, 0.717) is 5.82 Å². The highest BCUT2D eigenvalue weighted by molar-refractivity contribution is 5.52. The lowest BCUT2D eigenvalue weighted by Crippen LogP contribution is -2.34. The summed E-state index contributed by atoms with van der Waals surface area (Å²) in [6.07, 6.45) is 5.44. The number of hydrogen-bond donors (Lipinski definition) is 1. The summed E-state index contributed by atoms with van der Waals surface area (Å²) in [5.41, 5.74) is 2.57. The van der Waals surface area contributed by atoms with Crippen molar-refractivity contribution < 1.29 is 4.39 Å². The van der Waals surface area contributed by atoms with E-state index in [0.717, 1.165) is 49.3 Å². The lowest BCUT2D eigenvalue weighted by molar-refractivity contribution is 0.198. The van der Waals surface area contributed by atoms with Gasteiger partial charge in [-0.25, -0.2) is 9.37 Å². The molecule has 138 valence electrons. The molecule has 1 aromatic carbocycles. The smallest absolute Gasteiger partial charge is 0.251 e. The molecule has 0 aliphatic carbocycles. The van der Waals surface area contributed by atoms with Gasteiger partial charge in [0.25, 0.3) is 5.56 Å². The molecule has 3 aromatic rings. The molecule has 1 aliphatic heterocycles. The third kappa shape index (κ3) is 4.28. The monoisotopic (exact) mass is 364 g/mol.